The summed E-state index contributed by atoms with van der Waals surface area (Å²) in [7, 11) is 0. The first-order valence-electron chi connectivity index (χ1n) is 3.80. The molecule has 0 saturated carbocycles. The van der Waals surface area contributed by atoms with Gasteiger partial charge in [0.25, 0.3) is 0 Å². The van der Waals surface area contributed by atoms with E-state index in [1.54, 1.807) is 12.4 Å². The lowest BCUT2D eigenvalue weighted by molar-refractivity contribution is 0.247. The van der Waals surface area contributed by atoms with Gasteiger partial charge in [-0.05, 0) is 17.7 Å². The molecule has 1 atom stereocenters. The van der Waals surface area contributed by atoms with E-state index in [1.165, 1.54) is 0 Å². The summed E-state index contributed by atoms with van der Waals surface area (Å²) in [6.45, 7) is 0.656. The number of aromatic nitrogens is 1. The third-order valence-electron chi connectivity index (χ3n) is 1.88. The molecule has 62 valence electrons. The van der Waals surface area contributed by atoms with E-state index in [9.17, 15) is 4.79 Å². The Bertz CT molecular complexity index is 286. The summed E-state index contributed by atoms with van der Waals surface area (Å²) in [5.41, 5.74) is 1.09. The maximum Gasteiger partial charge on any atom is 0.315 e. The van der Waals surface area contributed by atoms with Crippen LogP contribution in [0.2, 0.25) is 0 Å². The smallest absolute Gasteiger partial charge is 0.315 e. The van der Waals surface area contributed by atoms with Crippen molar-refractivity contribution in [2.75, 3.05) is 6.54 Å². The molecule has 2 rings (SSSR count). The monoisotopic (exact) mass is 163 g/mol. The molecule has 1 aromatic rings. The Morgan fingerprint density at radius 1 is 1.42 bits per heavy atom. The molecule has 0 radical (unpaired) electrons. The number of amides is 2. The highest BCUT2D eigenvalue weighted by Crippen LogP contribution is 2.12. The zero-order chi connectivity index (χ0) is 8.39. The summed E-state index contributed by atoms with van der Waals surface area (Å²) in [6.07, 6.45) is 3.44. The highest BCUT2D eigenvalue weighted by molar-refractivity contribution is 5.76. The van der Waals surface area contributed by atoms with E-state index in [4.69, 9.17) is 0 Å². The van der Waals surface area contributed by atoms with Crippen molar-refractivity contribution >= 4 is 6.03 Å². The van der Waals surface area contributed by atoms with Gasteiger partial charge in [0.2, 0.25) is 0 Å². The molecule has 0 unspecified atom stereocenters. The lowest BCUT2D eigenvalue weighted by atomic mass is 10.1. The lowest BCUT2D eigenvalue weighted by Gasteiger charge is -2.06. The molecule has 0 aliphatic carbocycles. The number of rotatable bonds is 1. The van der Waals surface area contributed by atoms with Crippen LogP contribution in [0.3, 0.4) is 0 Å². The van der Waals surface area contributed by atoms with Crippen molar-refractivity contribution in [3.8, 4) is 0 Å². The minimum Gasteiger partial charge on any atom is -0.336 e. The van der Waals surface area contributed by atoms with Crippen LogP contribution in [0.1, 0.15) is 11.6 Å². The molecule has 0 aromatic carbocycles. The SMILES string of the molecule is O=C1NC[C@@H](c2ccncc2)N1. The molecular formula is C8H9N3O. The Morgan fingerprint density at radius 2 is 2.17 bits per heavy atom. The molecule has 0 spiro atoms. The van der Waals surface area contributed by atoms with E-state index in [0.717, 1.165) is 5.56 Å². The zero-order valence-corrected chi connectivity index (χ0v) is 6.45. The molecule has 1 aliphatic heterocycles. The Balaban J connectivity index is 2.16. The predicted molar refractivity (Wildman–Crippen MR) is 43.5 cm³/mol. The number of pyridine rings is 1. The zero-order valence-electron chi connectivity index (χ0n) is 6.45. The third-order valence-corrected chi connectivity index (χ3v) is 1.88. The highest BCUT2D eigenvalue weighted by Gasteiger charge is 2.20. The number of hydrogen-bond donors (Lipinski definition) is 2. The number of carbonyl (C=O) groups excluding carboxylic acids is 1. The van der Waals surface area contributed by atoms with Gasteiger partial charge in [-0.15, -0.1) is 0 Å². The van der Waals surface area contributed by atoms with Crippen LogP contribution in [0.4, 0.5) is 4.79 Å². The maximum absolute atomic E-state index is 10.8. The molecule has 12 heavy (non-hydrogen) atoms. The van der Waals surface area contributed by atoms with Gasteiger partial charge in [0.05, 0.1) is 6.04 Å². The summed E-state index contributed by atoms with van der Waals surface area (Å²) < 4.78 is 0. The Morgan fingerprint density at radius 3 is 2.75 bits per heavy atom. The van der Waals surface area contributed by atoms with Crippen LogP contribution in [-0.4, -0.2) is 17.6 Å². The molecule has 1 aromatic heterocycles. The van der Waals surface area contributed by atoms with Crippen LogP contribution in [-0.2, 0) is 0 Å². The fourth-order valence-corrected chi connectivity index (χ4v) is 1.25. The van der Waals surface area contributed by atoms with Gasteiger partial charge in [0.15, 0.2) is 0 Å². The summed E-state index contributed by atoms with van der Waals surface area (Å²) in [5, 5.41) is 5.49. The number of carbonyl (C=O) groups is 1. The number of hydrogen-bond acceptors (Lipinski definition) is 2. The maximum atomic E-state index is 10.8. The first-order valence-corrected chi connectivity index (χ1v) is 3.80. The van der Waals surface area contributed by atoms with Gasteiger partial charge < -0.3 is 10.6 Å². The van der Waals surface area contributed by atoms with E-state index in [0.29, 0.717) is 6.54 Å². The second kappa shape index (κ2) is 2.81. The fourth-order valence-electron chi connectivity index (χ4n) is 1.25. The summed E-state index contributed by atoms with van der Waals surface area (Å²) in [6, 6.07) is 3.80. The molecule has 0 bridgehead atoms. The first-order chi connectivity index (χ1) is 5.86. The first kappa shape index (κ1) is 7.09. The average molecular weight is 163 g/mol. The van der Waals surface area contributed by atoms with Crippen molar-refractivity contribution < 1.29 is 4.79 Å². The van der Waals surface area contributed by atoms with Crippen LogP contribution in [0.15, 0.2) is 24.5 Å². The standard InChI is InChI=1S/C8H9N3O/c12-8-10-5-7(11-8)6-1-3-9-4-2-6/h1-4,7H,5H2,(H2,10,11,12)/t7-/m0/s1. The molecule has 2 amide bonds. The summed E-state index contributed by atoms with van der Waals surface area (Å²) in [5.74, 6) is 0. The molecular weight excluding hydrogens is 154 g/mol. The van der Waals surface area contributed by atoms with Gasteiger partial charge in [-0.25, -0.2) is 4.79 Å². The van der Waals surface area contributed by atoms with Crippen molar-refractivity contribution in [1.82, 2.24) is 15.6 Å². The Labute approximate surface area is 70.0 Å². The molecule has 4 nitrogen and oxygen atoms in total. The van der Waals surface area contributed by atoms with Crippen LogP contribution in [0.25, 0.3) is 0 Å². The van der Waals surface area contributed by atoms with Gasteiger partial charge in [0, 0.05) is 18.9 Å². The Kier molecular flexibility index (Phi) is 1.66. The van der Waals surface area contributed by atoms with Crippen LogP contribution in [0.5, 0.6) is 0 Å². The largest absolute Gasteiger partial charge is 0.336 e. The summed E-state index contributed by atoms with van der Waals surface area (Å²) in [4.78, 5) is 14.7. The minimum absolute atomic E-state index is 0.0977. The molecule has 1 fully saturated rings. The third kappa shape index (κ3) is 1.23. The van der Waals surface area contributed by atoms with E-state index in [-0.39, 0.29) is 12.1 Å². The van der Waals surface area contributed by atoms with E-state index >= 15 is 0 Å². The molecule has 1 aliphatic rings. The van der Waals surface area contributed by atoms with Crippen molar-refractivity contribution in [2.45, 2.75) is 6.04 Å². The highest BCUT2D eigenvalue weighted by atomic mass is 16.2. The van der Waals surface area contributed by atoms with Gasteiger partial charge in [0.1, 0.15) is 0 Å². The number of urea groups is 1. The molecule has 2 N–H and O–H groups in total. The number of nitrogens with one attached hydrogen (secondary N) is 2. The second-order valence-electron chi connectivity index (χ2n) is 2.69. The van der Waals surface area contributed by atoms with E-state index in [1.807, 2.05) is 12.1 Å². The second-order valence-corrected chi connectivity index (χ2v) is 2.69. The van der Waals surface area contributed by atoms with Crippen molar-refractivity contribution in [3.05, 3.63) is 30.1 Å². The fraction of sp³-hybridized carbons (Fsp3) is 0.250. The normalized spacial score (nSPS) is 21.7. The summed E-state index contributed by atoms with van der Waals surface area (Å²) >= 11 is 0. The van der Waals surface area contributed by atoms with E-state index in [2.05, 4.69) is 15.6 Å². The van der Waals surface area contributed by atoms with Crippen LogP contribution in [0, 0.1) is 0 Å². The van der Waals surface area contributed by atoms with Crippen molar-refractivity contribution in [3.63, 3.8) is 0 Å². The van der Waals surface area contributed by atoms with Gasteiger partial charge >= 0.3 is 6.03 Å². The topological polar surface area (TPSA) is 54.0 Å². The molecule has 2 heterocycles. The number of nitrogens with zero attached hydrogens (tertiary/aromatic N) is 1. The average Bonchev–Trinajstić information content (AvgIpc) is 2.54. The van der Waals surface area contributed by atoms with Crippen LogP contribution < -0.4 is 10.6 Å². The van der Waals surface area contributed by atoms with Crippen LogP contribution >= 0.6 is 0 Å². The minimum atomic E-state index is -0.100. The van der Waals surface area contributed by atoms with Gasteiger partial charge in [-0.1, -0.05) is 0 Å². The predicted octanol–water partition coefficient (Wildman–Crippen LogP) is 0.436. The van der Waals surface area contributed by atoms with Gasteiger partial charge in [-0.3, -0.25) is 4.98 Å². The van der Waals surface area contributed by atoms with Crippen molar-refractivity contribution in [2.24, 2.45) is 0 Å². The molecule has 1 saturated heterocycles. The quantitative estimate of drug-likeness (QED) is 0.631. The van der Waals surface area contributed by atoms with Crippen molar-refractivity contribution in [1.29, 1.82) is 0 Å². The lowest BCUT2D eigenvalue weighted by Crippen LogP contribution is -2.21. The van der Waals surface area contributed by atoms with Gasteiger partial charge in [-0.2, -0.15) is 0 Å². The van der Waals surface area contributed by atoms with E-state index < -0.39 is 0 Å². The Hall–Kier alpha value is -1.58. The molecule has 4 heteroatoms.